The van der Waals surface area contributed by atoms with E-state index in [-0.39, 0.29) is 24.2 Å². The van der Waals surface area contributed by atoms with Crippen LogP contribution in [-0.2, 0) is 5.60 Å². The number of nitrogens with zero attached hydrogens (tertiary/aromatic N) is 1. The molecule has 1 fully saturated rings. The summed E-state index contributed by atoms with van der Waals surface area (Å²) >= 11 is 0. The van der Waals surface area contributed by atoms with Gasteiger partial charge in [0.1, 0.15) is 5.75 Å². The highest BCUT2D eigenvalue weighted by molar-refractivity contribution is 5.32. The topological polar surface area (TPSA) is 43.7 Å². The summed E-state index contributed by atoms with van der Waals surface area (Å²) in [7, 11) is 0. The molecule has 1 aliphatic rings. The molecule has 3 nitrogen and oxygen atoms in total. The Morgan fingerprint density at radius 3 is 3.28 bits per heavy atom. The maximum Gasteiger partial charge on any atom is 0.211 e. The van der Waals surface area contributed by atoms with Gasteiger partial charge in [-0.3, -0.25) is 0 Å². The van der Waals surface area contributed by atoms with Gasteiger partial charge in [0.15, 0.2) is 0 Å². The molecule has 100 valence electrons. The van der Waals surface area contributed by atoms with Gasteiger partial charge in [-0.15, -0.1) is 0 Å². The number of rotatable bonds is 4. The van der Waals surface area contributed by atoms with Crippen LogP contribution in [0.4, 0.5) is 0 Å². The van der Waals surface area contributed by atoms with Crippen molar-refractivity contribution in [2.24, 2.45) is 5.89 Å². The van der Waals surface area contributed by atoms with Crippen LogP contribution in [0.2, 0.25) is 0 Å². The zero-order chi connectivity index (χ0) is 23.4. The Hall–Kier alpha value is -1.06. The maximum atomic E-state index is 9.88. The monoisotopic (exact) mass is 261 g/mol. The van der Waals surface area contributed by atoms with Gasteiger partial charge in [0.05, 0.1) is 5.60 Å². The molecule has 0 bridgehead atoms. The Kier molecular flexibility index (Phi) is 1.41. The van der Waals surface area contributed by atoms with Gasteiger partial charge in [-0.25, -0.2) is 0 Å². The third-order valence-electron chi connectivity index (χ3n) is 2.90. The molecule has 18 heavy (non-hydrogen) atoms. The van der Waals surface area contributed by atoms with Gasteiger partial charge in [-0.1, -0.05) is 25.0 Å². The van der Waals surface area contributed by atoms with Crippen molar-refractivity contribution >= 4 is 0 Å². The number of benzene rings is 1. The van der Waals surface area contributed by atoms with Crippen LogP contribution in [0.5, 0.6) is 5.75 Å². The van der Waals surface area contributed by atoms with E-state index in [2.05, 4.69) is 0 Å². The predicted molar refractivity (Wildman–Crippen MR) is 72.5 cm³/mol. The van der Waals surface area contributed by atoms with E-state index in [0.717, 1.165) is 6.07 Å². The highest BCUT2D eigenvalue weighted by atomic mass is 16.3. The molecule has 1 aliphatic carbocycles. The van der Waals surface area contributed by atoms with E-state index in [1.165, 1.54) is 18.2 Å². The second kappa shape index (κ2) is 5.29. The van der Waals surface area contributed by atoms with Crippen LogP contribution in [0.3, 0.4) is 0 Å². The summed E-state index contributed by atoms with van der Waals surface area (Å²) in [6.45, 7) is -10.5. The molecule has 1 saturated carbocycles. The lowest BCUT2D eigenvalue weighted by Gasteiger charge is -2.41. The lowest BCUT2D eigenvalue weighted by molar-refractivity contribution is -0.0619. The number of hydrogen-bond donors (Lipinski definition) is 2. The molecular formula is C15H23NO2. The Bertz CT molecular complexity index is 766. The first-order valence-corrected chi connectivity index (χ1v) is 5.63. The molecule has 0 aromatic heterocycles. The summed E-state index contributed by atoms with van der Waals surface area (Å²) in [6, 6.07) is 4.71. The number of aliphatic hydroxyl groups is 1. The highest BCUT2D eigenvalue weighted by Crippen LogP contribution is 2.42. The number of phenols is 1. The summed E-state index contributed by atoms with van der Waals surface area (Å²) < 4.78 is 96.2. The molecule has 2 N–H and O–H groups in total. The van der Waals surface area contributed by atoms with Gasteiger partial charge in [-0.2, -0.15) is 0 Å². The van der Waals surface area contributed by atoms with Crippen LogP contribution in [0.15, 0.2) is 24.3 Å². The predicted octanol–water partition coefficient (Wildman–Crippen LogP) is 2.33. The number of phenolic OH excluding ortho intramolecular Hbond substituents is 1. The minimum Gasteiger partial charge on any atom is -0.508 e. The smallest absolute Gasteiger partial charge is 0.211 e. The summed E-state index contributed by atoms with van der Waals surface area (Å²) in [5, 5.41) is 14.6. The first-order valence-electron chi connectivity index (χ1n) is 11.5. The molecule has 0 radical (unpaired) electrons. The van der Waals surface area contributed by atoms with Crippen LogP contribution in [0.1, 0.15) is 46.3 Å². The van der Waals surface area contributed by atoms with E-state index in [1.807, 2.05) is 0 Å². The van der Waals surface area contributed by atoms with Crippen LogP contribution in [-0.4, -0.2) is 37.0 Å². The SMILES string of the molecule is [2H]O[C@@]1(c2cccc(O)c2)C([2H])([2H])CCC[C@@]1([2H])C([2H])([2H])N(C([2H])([2H])[2H])C([2H])([2H])[2H]. The first-order chi connectivity index (χ1) is 13.4. The van der Waals surface area contributed by atoms with Crippen molar-refractivity contribution in [1.82, 2.24) is 4.90 Å². The van der Waals surface area contributed by atoms with Crippen molar-refractivity contribution in [1.29, 1.82) is 1.43 Å². The molecular weight excluding hydrogens is 226 g/mol. The summed E-state index contributed by atoms with van der Waals surface area (Å²) in [4.78, 5) is -0.419. The summed E-state index contributed by atoms with van der Waals surface area (Å²) in [5.41, 5.74) is -3.04. The molecule has 3 heteroatoms. The van der Waals surface area contributed by atoms with Gasteiger partial charge in [0.2, 0.25) is 1.43 Å². The van der Waals surface area contributed by atoms with Gasteiger partial charge >= 0.3 is 0 Å². The molecule has 0 aliphatic heterocycles. The number of hydrogen-bond acceptors (Lipinski definition) is 3. The Morgan fingerprint density at radius 1 is 1.67 bits per heavy atom. The van der Waals surface area contributed by atoms with Crippen molar-refractivity contribution in [2.45, 2.75) is 31.2 Å². The quantitative estimate of drug-likeness (QED) is 0.874. The van der Waals surface area contributed by atoms with Crippen molar-refractivity contribution in [3.05, 3.63) is 29.8 Å². The Morgan fingerprint density at radius 2 is 2.56 bits per heavy atom. The fraction of sp³-hybridized carbons (Fsp3) is 0.600. The second-order valence-corrected chi connectivity index (χ2v) is 4.19. The molecule has 0 amide bonds. The average Bonchev–Trinajstić information content (AvgIpc) is 2.51. The molecule has 2 atom stereocenters. The summed E-state index contributed by atoms with van der Waals surface area (Å²) in [6.07, 6.45) is -3.43. The van der Waals surface area contributed by atoms with Gasteiger partial charge < -0.3 is 15.1 Å². The third kappa shape index (κ3) is 2.68. The first kappa shape index (κ1) is 4.80. The lowest BCUT2D eigenvalue weighted by Crippen LogP contribution is -2.43. The minimum absolute atomic E-state index is 0.0875. The van der Waals surface area contributed by atoms with E-state index in [9.17, 15) is 5.11 Å². The third-order valence-corrected chi connectivity index (χ3v) is 2.90. The van der Waals surface area contributed by atoms with Crippen LogP contribution in [0, 0.1) is 5.89 Å². The normalized spacial score (nSPS) is 47.4. The van der Waals surface area contributed by atoms with Crippen molar-refractivity contribution in [3.63, 3.8) is 0 Å². The van der Waals surface area contributed by atoms with Crippen LogP contribution >= 0.6 is 0 Å². The van der Waals surface area contributed by atoms with E-state index in [1.54, 1.807) is 0 Å². The van der Waals surface area contributed by atoms with Crippen molar-refractivity contribution in [2.75, 3.05) is 20.4 Å². The molecule has 1 aromatic carbocycles. The zero-order valence-electron chi connectivity index (χ0n) is 21.7. The van der Waals surface area contributed by atoms with E-state index in [4.69, 9.17) is 21.6 Å². The Labute approximate surface area is 126 Å². The lowest BCUT2D eigenvalue weighted by atomic mass is 9.71. The van der Waals surface area contributed by atoms with Gasteiger partial charge in [0, 0.05) is 27.5 Å². The van der Waals surface area contributed by atoms with E-state index >= 15 is 0 Å². The molecule has 2 rings (SSSR count). The molecule has 0 saturated heterocycles. The minimum atomic E-state index is -3.51. The maximum absolute atomic E-state index is 9.88. The largest absolute Gasteiger partial charge is 0.508 e. The number of aromatic hydroxyl groups is 1. The molecule has 1 aromatic rings. The van der Waals surface area contributed by atoms with Crippen LogP contribution in [0.25, 0.3) is 0 Å². The molecule has 0 unspecified atom stereocenters. The molecule has 0 spiro atoms. The highest BCUT2D eigenvalue weighted by Gasteiger charge is 2.40. The Balaban J connectivity index is 2.91. The fourth-order valence-corrected chi connectivity index (χ4v) is 2.08. The van der Waals surface area contributed by atoms with Gasteiger partial charge in [-0.05, 0) is 44.4 Å². The van der Waals surface area contributed by atoms with Crippen molar-refractivity contribution in [3.8, 4) is 5.75 Å². The van der Waals surface area contributed by atoms with E-state index in [0.29, 0.717) is 0 Å². The van der Waals surface area contributed by atoms with Crippen LogP contribution < -0.4 is 0 Å². The van der Waals surface area contributed by atoms with Gasteiger partial charge in [0.25, 0.3) is 0 Å². The zero-order valence-corrected chi connectivity index (χ0v) is 9.73. The molecule has 0 heterocycles. The standard InChI is InChI=1S/C15H23NO2/c1-16(2)11-13-6-3-4-9-15(13,18)12-7-5-8-14(17)10-12/h5,7-8,10,13,17-18H,3-4,6,9,11H2,1-2H3/t13-,15+/m0/s1/i1D3,2D3,9D2,11D2,13D,18D. The average molecular weight is 261 g/mol. The second-order valence-electron chi connectivity index (χ2n) is 4.19. The fourth-order valence-electron chi connectivity index (χ4n) is 2.08. The van der Waals surface area contributed by atoms with Crippen molar-refractivity contribution < 1.29 is 25.3 Å². The summed E-state index contributed by atoms with van der Waals surface area (Å²) in [5.74, 6) is -3.28. The van der Waals surface area contributed by atoms with E-state index < -0.39 is 49.6 Å².